The van der Waals surface area contributed by atoms with Crippen LogP contribution >= 0.6 is 0 Å². The third kappa shape index (κ3) is 2.83. The molecule has 0 fully saturated rings. The molecule has 1 atom stereocenters. The van der Waals surface area contributed by atoms with Gasteiger partial charge in [-0.2, -0.15) is 0 Å². The van der Waals surface area contributed by atoms with E-state index >= 15 is 0 Å². The molecule has 0 amide bonds. The molecule has 1 aliphatic rings. The molecule has 7 nitrogen and oxygen atoms in total. The van der Waals surface area contributed by atoms with Gasteiger partial charge >= 0.3 is 5.97 Å². The van der Waals surface area contributed by atoms with Crippen molar-refractivity contribution < 1.29 is 19.0 Å². The SMILES string of the molecule is COC(=O)C1=C(C)NC(N)=NC1c1ccc(OC)c(OC)c1. The summed E-state index contributed by atoms with van der Waals surface area (Å²) in [6, 6.07) is 4.77. The number of aliphatic imine (C=N–C) groups is 1. The van der Waals surface area contributed by atoms with Gasteiger partial charge in [-0.3, -0.25) is 0 Å². The summed E-state index contributed by atoms with van der Waals surface area (Å²) in [4.78, 5) is 16.4. The lowest BCUT2D eigenvalue weighted by atomic mass is 9.96. The molecule has 0 radical (unpaired) electrons. The van der Waals surface area contributed by atoms with Crippen molar-refractivity contribution in [3.63, 3.8) is 0 Å². The number of benzene rings is 1. The second-order valence-corrected chi connectivity index (χ2v) is 4.69. The minimum atomic E-state index is -0.562. The van der Waals surface area contributed by atoms with Crippen LogP contribution in [-0.2, 0) is 9.53 Å². The van der Waals surface area contributed by atoms with Crippen molar-refractivity contribution in [3.8, 4) is 11.5 Å². The van der Waals surface area contributed by atoms with Gasteiger partial charge in [0.15, 0.2) is 17.5 Å². The molecule has 1 aromatic carbocycles. The van der Waals surface area contributed by atoms with Crippen LogP contribution in [0.25, 0.3) is 0 Å². The first kappa shape index (κ1) is 15.7. The average molecular weight is 305 g/mol. The molecule has 118 valence electrons. The van der Waals surface area contributed by atoms with Crippen LogP contribution in [0.3, 0.4) is 0 Å². The van der Waals surface area contributed by atoms with Gasteiger partial charge in [0.1, 0.15) is 6.04 Å². The van der Waals surface area contributed by atoms with Crippen LogP contribution in [0, 0.1) is 0 Å². The number of nitrogens with zero attached hydrogens (tertiary/aromatic N) is 1. The van der Waals surface area contributed by atoms with Crippen molar-refractivity contribution >= 4 is 11.9 Å². The zero-order chi connectivity index (χ0) is 16.3. The Bertz CT molecular complexity index is 652. The Morgan fingerprint density at radius 1 is 1.23 bits per heavy atom. The third-order valence-corrected chi connectivity index (χ3v) is 3.39. The number of rotatable bonds is 4. The fourth-order valence-electron chi connectivity index (χ4n) is 2.34. The number of hydrogen-bond acceptors (Lipinski definition) is 7. The minimum absolute atomic E-state index is 0.241. The van der Waals surface area contributed by atoms with Crippen LogP contribution in [0.4, 0.5) is 0 Å². The van der Waals surface area contributed by atoms with E-state index in [1.807, 2.05) is 6.07 Å². The van der Waals surface area contributed by atoms with Gasteiger partial charge in [-0.1, -0.05) is 6.07 Å². The summed E-state index contributed by atoms with van der Waals surface area (Å²) in [7, 11) is 4.43. The van der Waals surface area contributed by atoms with Crippen molar-refractivity contribution in [3.05, 3.63) is 35.0 Å². The van der Waals surface area contributed by atoms with Gasteiger partial charge < -0.3 is 25.3 Å². The predicted molar refractivity (Wildman–Crippen MR) is 81.8 cm³/mol. The van der Waals surface area contributed by atoms with Crippen LogP contribution < -0.4 is 20.5 Å². The molecular weight excluding hydrogens is 286 g/mol. The Morgan fingerprint density at radius 2 is 1.91 bits per heavy atom. The fourth-order valence-corrected chi connectivity index (χ4v) is 2.34. The lowest BCUT2D eigenvalue weighted by molar-refractivity contribution is -0.136. The normalized spacial score (nSPS) is 17.5. The van der Waals surface area contributed by atoms with Crippen molar-refractivity contribution in [2.24, 2.45) is 10.7 Å². The van der Waals surface area contributed by atoms with E-state index in [9.17, 15) is 4.79 Å². The summed E-state index contributed by atoms with van der Waals surface area (Å²) >= 11 is 0. The highest BCUT2D eigenvalue weighted by Gasteiger charge is 2.29. The lowest BCUT2D eigenvalue weighted by Crippen LogP contribution is -2.37. The molecule has 0 saturated heterocycles. The zero-order valence-electron chi connectivity index (χ0n) is 13.0. The molecule has 2 rings (SSSR count). The molecule has 7 heteroatoms. The van der Waals surface area contributed by atoms with E-state index in [0.717, 1.165) is 5.56 Å². The summed E-state index contributed by atoms with van der Waals surface area (Å²) in [5.41, 5.74) is 7.55. The zero-order valence-corrected chi connectivity index (χ0v) is 13.0. The summed E-state index contributed by atoms with van der Waals surface area (Å²) in [6.45, 7) is 1.75. The Kier molecular flexibility index (Phi) is 4.55. The van der Waals surface area contributed by atoms with Crippen molar-refractivity contribution in [2.75, 3.05) is 21.3 Å². The smallest absolute Gasteiger partial charge is 0.338 e. The van der Waals surface area contributed by atoms with E-state index in [2.05, 4.69) is 10.3 Å². The molecular formula is C15H19N3O4. The molecule has 0 saturated carbocycles. The molecule has 0 bridgehead atoms. The van der Waals surface area contributed by atoms with E-state index in [-0.39, 0.29) is 5.96 Å². The number of allylic oxidation sites excluding steroid dienone is 1. The Morgan fingerprint density at radius 3 is 2.50 bits per heavy atom. The number of nitrogens with one attached hydrogen (secondary N) is 1. The highest BCUT2D eigenvalue weighted by molar-refractivity contribution is 5.94. The summed E-state index contributed by atoms with van der Waals surface area (Å²) in [6.07, 6.45) is 0. The molecule has 1 aromatic rings. The number of ether oxygens (including phenoxy) is 3. The van der Waals surface area contributed by atoms with Crippen LogP contribution in [0.15, 0.2) is 34.5 Å². The number of carbonyl (C=O) groups is 1. The van der Waals surface area contributed by atoms with Gasteiger partial charge in [0.2, 0.25) is 0 Å². The Balaban J connectivity index is 2.52. The van der Waals surface area contributed by atoms with E-state index < -0.39 is 12.0 Å². The first-order valence-electron chi connectivity index (χ1n) is 6.63. The van der Waals surface area contributed by atoms with Crippen molar-refractivity contribution in [1.82, 2.24) is 5.32 Å². The first-order chi connectivity index (χ1) is 10.5. The van der Waals surface area contributed by atoms with Crippen molar-refractivity contribution in [2.45, 2.75) is 13.0 Å². The number of guanidine groups is 1. The maximum absolute atomic E-state index is 12.1. The maximum atomic E-state index is 12.1. The molecule has 22 heavy (non-hydrogen) atoms. The molecule has 0 aromatic heterocycles. The predicted octanol–water partition coefficient (Wildman–Crippen LogP) is 1.11. The highest BCUT2D eigenvalue weighted by Crippen LogP contribution is 2.36. The topological polar surface area (TPSA) is 95.2 Å². The molecule has 0 aliphatic carbocycles. The summed E-state index contributed by atoms with van der Waals surface area (Å²) < 4.78 is 15.4. The van der Waals surface area contributed by atoms with Gasteiger partial charge in [0, 0.05) is 5.70 Å². The van der Waals surface area contributed by atoms with E-state index in [0.29, 0.717) is 22.8 Å². The van der Waals surface area contributed by atoms with Gasteiger partial charge in [-0.25, -0.2) is 9.79 Å². The lowest BCUT2D eigenvalue weighted by Gasteiger charge is -2.24. The number of nitrogens with two attached hydrogens (primary N) is 1. The molecule has 1 heterocycles. The second kappa shape index (κ2) is 6.38. The monoisotopic (exact) mass is 305 g/mol. The Hall–Kier alpha value is -2.70. The first-order valence-corrected chi connectivity index (χ1v) is 6.63. The number of methoxy groups -OCH3 is 3. The van der Waals surface area contributed by atoms with Crippen LogP contribution in [-0.4, -0.2) is 33.3 Å². The highest BCUT2D eigenvalue weighted by atomic mass is 16.5. The molecule has 1 aliphatic heterocycles. The van der Waals surface area contributed by atoms with Crippen LogP contribution in [0.5, 0.6) is 11.5 Å². The van der Waals surface area contributed by atoms with Crippen LogP contribution in [0.2, 0.25) is 0 Å². The standard InChI is InChI=1S/C15H19N3O4/c1-8-12(14(19)22-4)13(18-15(16)17-8)9-5-6-10(20-2)11(7-9)21-3/h5-7,13H,1-4H3,(H3,16,17,18). The van der Waals surface area contributed by atoms with Gasteiger partial charge in [-0.05, 0) is 24.6 Å². The molecule has 1 unspecified atom stereocenters. The van der Waals surface area contributed by atoms with Crippen LogP contribution in [0.1, 0.15) is 18.5 Å². The largest absolute Gasteiger partial charge is 0.493 e. The summed E-state index contributed by atoms with van der Waals surface area (Å²) in [5, 5.41) is 2.85. The van der Waals surface area contributed by atoms with Gasteiger partial charge in [0.25, 0.3) is 0 Å². The van der Waals surface area contributed by atoms with Gasteiger partial charge in [0.05, 0.1) is 26.9 Å². The maximum Gasteiger partial charge on any atom is 0.338 e. The Labute approximate surface area is 128 Å². The number of carbonyl (C=O) groups excluding carboxylic acids is 1. The molecule has 0 spiro atoms. The van der Waals surface area contributed by atoms with Crippen molar-refractivity contribution in [1.29, 1.82) is 0 Å². The average Bonchev–Trinajstić information content (AvgIpc) is 2.52. The number of hydrogen-bond donors (Lipinski definition) is 2. The molecule has 3 N–H and O–H groups in total. The van der Waals surface area contributed by atoms with E-state index in [1.165, 1.54) is 7.11 Å². The van der Waals surface area contributed by atoms with E-state index in [1.54, 1.807) is 33.3 Å². The summed E-state index contributed by atoms with van der Waals surface area (Å²) in [5.74, 6) is 0.928. The third-order valence-electron chi connectivity index (χ3n) is 3.39. The second-order valence-electron chi connectivity index (χ2n) is 4.69. The van der Waals surface area contributed by atoms with Gasteiger partial charge in [-0.15, -0.1) is 0 Å². The number of esters is 1. The van der Waals surface area contributed by atoms with E-state index in [4.69, 9.17) is 19.9 Å². The fraction of sp³-hybridized carbons (Fsp3) is 0.333. The quantitative estimate of drug-likeness (QED) is 0.809. The minimum Gasteiger partial charge on any atom is -0.493 e.